The number of benzene rings is 6. The van der Waals surface area contributed by atoms with Crippen molar-refractivity contribution in [2.24, 2.45) is 0 Å². The zero-order valence-electron chi connectivity index (χ0n) is 54.4. The second-order valence-corrected chi connectivity index (χ2v) is 23.9. The summed E-state index contributed by atoms with van der Waals surface area (Å²) in [5, 5.41) is 4.65. The van der Waals surface area contributed by atoms with Gasteiger partial charge < -0.3 is 18.9 Å². The van der Waals surface area contributed by atoms with E-state index in [-0.39, 0.29) is 26.4 Å². The molecule has 0 radical (unpaired) electrons. The summed E-state index contributed by atoms with van der Waals surface area (Å²) in [4.78, 5) is 21.7. The van der Waals surface area contributed by atoms with Crippen molar-refractivity contribution in [1.29, 1.82) is 0 Å². The molecule has 8 nitrogen and oxygen atoms in total. The van der Waals surface area contributed by atoms with E-state index in [2.05, 4.69) is 160 Å². The van der Waals surface area contributed by atoms with E-state index >= 15 is 0 Å². The van der Waals surface area contributed by atoms with Crippen LogP contribution in [0.5, 0.6) is 23.0 Å². The average Bonchev–Trinajstić information content (AvgIpc) is 0.788. The SMILES string of the molecule is C#CCOc1ccc(-c2cc(CCCCCC)c3ccc4c(CCCCCC)cc(-c5ccc(OCC#CC#CCOc6ccc(-c7cc(CCCCCC)c8ccc9c(CCCCCC)cc(-c%10ccc(OCC#C)cc%10)nc9c8n7)cc6)cc5)nc4c3n2)cc1. The predicted molar refractivity (Wildman–Crippen MR) is 382 cm³/mol. The van der Waals surface area contributed by atoms with Gasteiger partial charge in [-0.1, -0.05) is 141 Å². The Morgan fingerprint density at radius 2 is 0.533 bits per heavy atom. The molecule has 10 rings (SSSR count). The van der Waals surface area contributed by atoms with E-state index in [0.717, 1.165) is 163 Å². The minimum Gasteiger partial charge on any atom is -0.481 e. The maximum atomic E-state index is 6.10. The Morgan fingerprint density at radius 1 is 0.293 bits per heavy atom. The fourth-order valence-corrected chi connectivity index (χ4v) is 12.2. The zero-order chi connectivity index (χ0) is 63.7. The van der Waals surface area contributed by atoms with Gasteiger partial charge in [0.05, 0.1) is 44.8 Å². The quantitative estimate of drug-likeness (QED) is 0.0234. The number of fused-ring (bicyclic) bond motifs is 6. The normalized spacial score (nSPS) is 11.0. The molecule has 92 heavy (non-hydrogen) atoms. The van der Waals surface area contributed by atoms with Crippen LogP contribution in [-0.2, 0) is 25.7 Å². The van der Waals surface area contributed by atoms with Crippen LogP contribution in [-0.4, -0.2) is 46.4 Å². The Bertz CT molecular complexity index is 4030. The molecule has 0 bridgehead atoms. The number of pyridine rings is 4. The minimum atomic E-state index is 0.197. The Hall–Kier alpha value is -9.60. The lowest BCUT2D eigenvalue weighted by atomic mass is 9.95. The lowest BCUT2D eigenvalue weighted by Gasteiger charge is -2.15. The van der Waals surface area contributed by atoms with Crippen LogP contribution in [0.3, 0.4) is 0 Å². The van der Waals surface area contributed by atoms with E-state index in [0.29, 0.717) is 0 Å². The third-order valence-electron chi connectivity index (χ3n) is 17.2. The van der Waals surface area contributed by atoms with Gasteiger partial charge >= 0.3 is 0 Å². The summed E-state index contributed by atoms with van der Waals surface area (Å²) in [6, 6.07) is 50.7. The van der Waals surface area contributed by atoms with E-state index in [4.69, 9.17) is 51.7 Å². The molecule has 10 aromatic rings. The van der Waals surface area contributed by atoms with Gasteiger partial charge in [0.15, 0.2) is 0 Å². The first-order chi connectivity index (χ1) is 45.4. The molecule has 0 aliphatic rings. The van der Waals surface area contributed by atoms with E-state index < -0.39 is 0 Å². The van der Waals surface area contributed by atoms with Crippen molar-refractivity contribution in [3.63, 3.8) is 0 Å². The minimum absolute atomic E-state index is 0.197. The van der Waals surface area contributed by atoms with Gasteiger partial charge in [-0.15, -0.1) is 12.8 Å². The standard InChI is InChI=1S/C84H86N4O4/c1-7-13-17-23-29-65-57-77(61-33-41-69(42-34-61)89-53-11-5)85-81-73(65)49-51-75-67(31-25-19-15-9-3)59-79(87-83(75)81)63-37-45-71(46-38-63)91-55-27-21-22-28-56-92-72-47-39-64(40-48-72)80-60-68(32-26-20-16-10-4)76-52-50-74-66(30-24-18-14-8-2)58-78(86-82(74)84(76)88-80)62-35-43-70(44-36-62)90-54-12-6/h5-6,33-52,57-60H,7-10,13-20,23-26,29-32,53-56H2,1-4H3. The third-order valence-corrected chi connectivity index (χ3v) is 17.2. The highest BCUT2D eigenvalue weighted by Crippen LogP contribution is 2.38. The molecule has 0 aliphatic carbocycles. The van der Waals surface area contributed by atoms with Crippen molar-refractivity contribution >= 4 is 43.6 Å². The van der Waals surface area contributed by atoms with Gasteiger partial charge in [-0.25, -0.2) is 19.9 Å². The topological polar surface area (TPSA) is 88.5 Å². The van der Waals surface area contributed by atoms with Gasteiger partial charge in [-0.2, -0.15) is 0 Å². The summed E-state index contributed by atoms with van der Waals surface area (Å²) in [6.45, 7) is 9.88. The molecular weight excluding hydrogens is 1130 g/mol. The highest BCUT2D eigenvalue weighted by molar-refractivity contribution is 6.08. The van der Waals surface area contributed by atoms with Gasteiger partial charge in [-0.05, 0) is 219 Å². The van der Waals surface area contributed by atoms with E-state index in [1.165, 1.54) is 99.3 Å². The first-order valence-electron chi connectivity index (χ1n) is 33.7. The molecule has 0 amide bonds. The summed E-state index contributed by atoms with van der Waals surface area (Å²) in [6.07, 6.45) is 33.7. The van der Waals surface area contributed by atoms with Gasteiger partial charge in [-0.3, -0.25) is 0 Å². The molecule has 0 saturated heterocycles. The first kappa shape index (κ1) is 65.4. The van der Waals surface area contributed by atoms with Crippen molar-refractivity contribution in [2.75, 3.05) is 26.4 Å². The van der Waals surface area contributed by atoms with E-state index in [1.807, 2.05) is 48.5 Å². The zero-order valence-corrected chi connectivity index (χ0v) is 54.4. The van der Waals surface area contributed by atoms with Crippen LogP contribution in [0, 0.1) is 48.4 Å². The van der Waals surface area contributed by atoms with Crippen LogP contribution < -0.4 is 18.9 Å². The summed E-state index contributed by atoms with van der Waals surface area (Å²) in [5.74, 6) is 20.0. The number of unbranched alkanes of at least 4 members (excludes halogenated alkanes) is 12. The van der Waals surface area contributed by atoms with Crippen LogP contribution in [0.2, 0.25) is 0 Å². The Labute approximate surface area is 546 Å². The largest absolute Gasteiger partial charge is 0.481 e. The molecule has 0 saturated carbocycles. The van der Waals surface area contributed by atoms with Crippen LogP contribution in [0.1, 0.15) is 153 Å². The highest BCUT2D eigenvalue weighted by atomic mass is 16.5. The molecule has 0 atom stereocenters. The fraction of sp³-hybridized carbons (Fsp3) is 0.333. The fourth-order valence-electron chi connectivity index (χ4n) is 12.2. The number of rotatable bonds is 32. The second kappa shape index (κ2) is 34.0. The van der Waals surface area contributed by atoms with Crippen LogP contribution >= 0.6 is 0 Å². The lowest BCUT2D eigenvalue weighted by molar-refractivity contribution is 0.370. The molecule has 466 valence electrons. The van der Waals surface area contributed by atoms with Crippen molar-refractivity contribution in [2.45, 2.75) is 156 Å². The number of terminal acetylenes is 2. The second-order valence-electron chi connectivity index (χ2n) is 23.9. The maximum absolute atomic E-state index is 6.10. The molecule has 0 aliphatic heterocycles. The smallest absolute Gasteiger partial charge is 0.150 e. The van der Waals surface area contributed by atoms with Crippen LogP contribution in [0.15, 0.2) is 146 Å². The number of hydrogen-bond donors (Lipinski definition) is 0. The van der Waals surface area contributed by atoms with E-state index in [9.17, 15) is 0 Å². The highest BCUT2D eigenvalue weighted by Gasteiger charge is 2.19. The number of ether oxygens (including phenoxy) is 4. The van der Waals surface area contributed by atoms with Crippen molar-refractivity contribution in [3.8, 4) is 116 Å². The number of aromatic nitrogens is 4. The first-order valence-corrected chi connectivity index (χ1v) is 33.7. The summed E-state index contributed by atoms with van der Waals surface area (Å²) in [5.41, 5.74) is 16.7. The van der Waals surface area contributed by atoms with Crippen molar-refractivity contribution in [1.82, 2.24) is 19.9 Å². The Kier molecular flexibility index (Phi) is 24.2. The van der Waals surface area contributed by atoms with Crippen molar-refractivity contribution < 1.29 is 18.9 Å². The van der Waals surface area contributed by atoms with Crippen molar-refractivity contribution in [3.05, 3.63) is 168 Å². The molecule has 0 N–H and O–H groups in total. The molecule has 6 aromatic carbocycles. The summed E-state index contributed by atoms with van der Waals surface area (Å²) < 4.78 is 23.6. The third kappa shape index (κ3) is 17.3. The van der Waals surface area contributed by atoms with E-state index in [1.54, 1.807) is 0 Å². The monoisotopic (exact) mass is 1210 g/mol. The maximum Gasteiger partial charge on any atom is 0.150 e. The average molecular weight is 1220 g/mol. The predicted octanol–water partition coefficient (Wildman–Crippen LogP) is 20.5. The van der Waals surface area contributed by atoms with Gasteiger partial charge in [0.25, 0.3) is 0 Å². The molecule has 0 unspecified atom stereocenters. The van der Waals surface area contributed by atoms with Gasteiger partial charge in [0.1, 0.15) is 49.4 Å². The number of nitrogens with zero attached hydrogens (tertiary/aromatic N) is 4. The molecule has 8 heteroatoms. The Balaban J connectivity index is 0.829. The Morgan fingerprint density at radius 3 is 0.761 bits per heavy atom. The molecule has 0 spiro atoms. The molecular formula is C84H86N4O4. The summed E-state index contributed by atoms with van der Waals surface area (Å²) in [7, 11) is 0. The number of aryl methyl sites for hydroxylation is 4. The molecule has 0 fully saturated rings. The molecule has 4 heterocycles. The lowest BCUT2D eigenvalue weighted by Crippen LogP contribution is -1.99. The number of hydrogen-bond acceptors (Lipinski definition) is 8. The van der Waals surface area contributed by atoms with Gasteiger partial charge in [0.2, 0.25) is 0 Å². The van der Waals surface area contributed by atoms with Gasteiger partial charge in [0, 0.05) is 43.8 Å². The van der Waals surface area contributed by atoms with Crippen LogP contribution in [0.4, 0.5) is 0 Å². The van der Waals surface area contributed by atoms with Crippen LogP contribution in [0.25, 0.3) is 88.6 Å². The molecule has 4 aromatic heterocycles. The summed E-state index contributed by atoms with van der Waals surface area (Å²) >= 11 is 0.